The molecule has 2 fully saturated rings. The first-order chi connectivity index (χ1) is 9.02. The maximum Gasteiger partial charge on any atom is 0.320 e. The van der Waals surface area contributed by atoms with Gasteiger partial charge in [-0.25, -0.2) is 4.79 Å². The fourth-order valence-corrected chi connectivity index (χ4v) is 3.06. The van der Waals surface area contributed by atoms with Gasteiger partial charge in [-0.2, -0.15) is 0 Å². The molecule has 3 unspecified atom stereocenters. The van der Waals surface area contributed by atoms with E-state index in [0.29, 0.717) is 31.8 Å². The molecule has 6 heteroatoms. The first kappa shape index (κ1) is 14.1. The summed E-state index contributed by atoms with van der Waals surface area (Å²) in [5, 5.41) is 9.03. The van der Waals surface area contributed by atoms with Crippen LogP contribution < -0.4 is 5.73 Å². The van der Waals surface area contributed by atoms with Gasteiger partial charge in [0, 0.05) is 25.7 Å². The van der Waals surface area contributed by atoms with Crippen LogP contribution in [0.5, 0.6) is 0 Å². The number of hydrogen-bond donors (Lipinski definition) is 2. The molecule has 3 atom stereocenters. The average Bonchev–Trinajstić information content (AvgIpc) is 2.86. The maximum atomic E-state index is 12.4. The van der Waals surface area contributed by atoms with E-state index in [0.717, 1.165) is 19.5 Å². The van der Waals surface area contributed by atoms with Crippen LogP contribution in [0.4, 0.5) is 4.79 Å². The van der Waals surface area contributed by atoms with Crippen LogP contribution in [0.3, 0.4) is 0 Å². The summed E-state index contributed by atoms with van der Waals surface area (Å²) in [6.45, 7) is 4.61. The Balaban J connectivity index is 1.92. The van der Waals surface area contributed by atoms with E-state index in [1.54, 1.807) is 0 Å². The number of carboxylic acid groups (broad SMARTS) is 1. The number of nitrogens with zero attached hydrogens (tertiary/aromatic N) is 2. The van der Waals surface area contributed by atoms with Crippen molar-refractivity contribution in [1.82, 2.24) is 9.80 Å². The minimum absolute atomic E-state index is 0.000670. The van der Waals surface area contributed by atoms with Crippen molar-refractivity contribution < 1.29 is 14.7 Å². The molecule has 2 rings (SSSR count). The second-order valence-electron chi connectivity index (χ2n) is 5.72. The number of nitrogens with two attached hydrogens (primary N) is 1. The number of amides is 2. The lowest BCUT2D eigenvalue weighted by atomic mass is 9.92. The molecular formula is C13H23N3O3. The van der Waals surface area contributed by atoms with Crippen molar-refractivity contribution in [3.05, 3.63) is 0 Å². The van der Waals surface area contributed by atoms with E-state index in [1.165, 1.54) is 0 Å². The van der Waals surface area contributed by atoms with E-state index < -0.39 is 5.97 Å². The summed E-state index contributed by atoms with van der Waals surface area (Å²) < 4.78 is 0. The fourth-order valence-electron chi connectivity index (χ4n) is 3.06. The number of rotatable bonds is 2. The molecular weight excluding hydrogens is 246 g/mol. The highest BCUT2D eigenvalue weighted by atomic mass is 16.4. The average molecular weight is 269 g/mol. The molecule has 2 aliphatic heterocycles. The summed E-state index contributed by atoms with van der Waals surface area (Å²) >= 11 is 0. The van der Waals surface area contributed by atoms with Crippen LogP contribution in [0.15, 0.2) is 0 Å². The number of carbonyl (C=O) groups is 2. The van der Waals surface area contributed by atoms with Gasteiger partial charge in [0.05, 0.1) is 5.92 Å². The molecule has 0 aliphatic carbocycles. The molecule has 0 bridgehead atoms. The van der Waals surface area contributed by atoms with Crippen molar-refractivity contribution in [2.45, 2.75) is 32.2 Å². The molecule has 3 N–H and O–H groups in total. The summed E-state index contributed by atoms with van der Waals surface area (Å²) in [7, 11) is 0. The normalized spacial score (nSPS) is 31.6. The van der Waals surface area contributed by atoms with Gasteiger partial charge in [-0.15, -0.1) is 0 Å². The molecule has 6 nitrogen and oxygen atoms in total. The molecule has 108 valence electrons. The van der Waals surface area contributed by atoms with E-state index in [4.69, 9.17) is 10.8 Å². The van der Waals surface area contributed by atoms with Gasteiger partial charge in [0.25, 0.3) is 0 Å². The van der Waals surface area contributed by atoms with Crippen LogP contribution in [0.25, 0.3) is 0 Å². The van der Waals surface area contributed by atoms with Crippen molar-refractivity contribution in [2.24, 2.45) is 17.6 Å². The number of urea groups is 1. The highest BCUT2D eigenvalue weighted by Crippen LogP contribution is 2.25. The third kappa shape index (κ3) is 3.00. The lowest BCUT2D eigenvalue weighted by Gasteiger charge is -2.38. The Labute approximate surface area is 113 Å². The highest BCUT2D eigenvalue weighted by molar-refractivity contribution is 5.76. The predicted molar refractivity (Wildman–Crippen MR) is 70.7 cm³/mol. The minimum atomic E-state index is -0.747. The van der Waals surface area contributed by atoms with Gasteiger partial charge in [0.1, 0.15) is 0 Å². The third-order valence-electron chi connectivity index (χ3n) is 4.36. The van der Waals surface area contributed by atoms with Crippen LogP contribution in [0, 0.1) is 11.8 Å². The first-order valence-corrected chi connectivity index (χ1v) is 7.01. The summed E-state index contributed by atoms with van der Waals surface area (Å²) in [6.07, 6.45) is 2.08. The standard InChI is InChI=1S/C13H23N3O3/c1-9-6-11(12(17)18)3-5-16(9)13(19)15-4-2-10(7-14)8-15/h9-11H,2-8,14H2,1H3,(H,17,18). The van der Waals surface area contributed by atoms with Crippen LogP contribution in [0.2, 0.25) is 0 Å². The lowest BCUT2D eigenvalue weighted by molar-refractivity contribution is -0.143. The molecule has 0 aromatic rings. The molecule has 0 aromatic heterocycles. The number of carboxylic acids is 1. The van der Waals surface area contributed by atoms with Gasteiger partial charge in [0.2, 0.25) is 0 Å². The Bertz CT molecular complexity index is 361. The smallest absolute Gasteiger partial charge is 0.320 e. The van der Waals surface area contributed by atoms with Crippen molar-refractivity contribution in [2.75, 3.05) is 26.2 Å². The van der Waals surface area contributed by atoms with Crippen LogP contribution >= 0.6 is 0 Å². The number of likely N-dealkylation sites (tertiary alicyclic amines) is 2. The van der Waals surface area contributed by atoms with Crippen LogP contribution in [-0.2, 0) is 4.79 Å². The van der Waals surface area contributed by atoms with Crippen molar-refractivity contribution in [3.8, 4) is 0 Å². The molecule has 2 saturated heterocycles. The molecule has 2 amide bonds. The van der Waals surface area contributed by atoms with Crippen molar-refractivity contribution in [1.29, 1.82) is 0 Å². The Morgan fingerprint density at radius 2 is 2.05 bits per heavy atom. The third-order valence-corrected chi connectivity index (χ3v) is 4.36. The molecule has 0 aromatic carbocycles. The fraction of sp³-hybridized carbons (Fsp3) is 0.846. The molecule has 0 spiro atoms. The molecule has 19 heavy (non-hydrogen) atoms. The second-order valence-corrected chi connectivity index (χ2v) is 5.72. The van der Waals surface area contributed by atoms with Crippen LogP contribution in [0.1, 0.15) is 26.2 Å². The van der Waals surface area contributed by atoms with Gasteiger partial charge >= 0.3 is 12.0 Å². The van der Waals surface area contributed by atoms with Gasteiger partial charge in [-0.3, -0.25) is 4.79 Å². The van der Waals surface area contributed by atoms with Gasteiger partial charge < -0.3 is 20.6 Å². The zero-order valence-corrected chi connectivity index (χ0v) is 11.4. The minimum Gasteiger partial charge on any atom is -0.481 e. The van der Waals surface area contributed by atoms with E-state index in [-0.39, 0.29) is 18.0 Å². The number of carbonyl (C=O) groups excluding carboxylic acids is 1. The Hall–Kier alpha value is -1.30. The number of aliphatic carboxylic acids is 1. The maximum absolute atomic E-state index is 12.4. The van der Waals surface area contributed by atoms with Gasteiger partial charge in [-0.1, -0.05) is 0 Å². The SMILES string of the molecule is CC1CC(C(=O)O)CCN1C(=O)N1CCC(CN)C1. The topological polar surface area (TPSA) is 86.9 Å². The van der Waals surface area contributed by atoms with Crippen molar-refractivity contribution >= 4 is 12.0 Å². The summed E-state index contributed by atoms with van der Waals surface area (Å²) in [5.74, 6) is -0.645. The van der Waals surface area contributed by atoms with E-state index in [9.17, 15) is 9.59 Å². The Morgan fingerprint density at radius 3 is 2.58 bits per heavy atom. The summed E-state index contributed by atoms with van der Waals surface area (Å²) in [5.41, 5.74) is 5.64. The first-order valence-electron chi connectivity index (χ1n) is 7.01. The largest absolute Gasteiger partial charge is 0.481 e. The second kappa shape index (κ2) is 5.77. The number of hydrogen-bond acceptors (Lipinski definition) is 3. The zero-order chi connectivity index (χ0) is 14.0. The Morgan fingerprint density at radius 1 is 1.32 bits per heavy atom. The lowest BCUT2D eigenvalue weighted by Crippen LogP contribution is -2.51. The van der Waals surface area contributed by atoms with Gasteiger partial charge in [0.15, 0.2) is 0 Å². The Kier molecular flexibility index (Phi) is 4.29. The van der Waals surface area contributed by atoms with Crippen molar-refractivity contribution in [3.63, 3.8) is 0 Å². The molecule has 0 saturated carbocycles. The zero-order valence-electron chi connectivity index (χ0n) is 11.4. The van der Waals surface area contributed by atoms with E-state index in [2.05, 4.69) is 0 Å². The predicted octanol–water partition coefficient (Wildman–Crippen LogP) is 0.572. The van der Waals surface area contributed by atoms with E-state index in [1.807, 2.05) is 16.7 Å². The van der Waals surface area contributed by atoms with Gasteiger partial charge in [-0.05, 0) is 38.6 Å². The van der Waals surface area contributed by atoms with E-state index >= 15 is 0 Å². The molecule has 2 heterocycles. The number of piperidine rings is 1. The highest BCUT2D eigenvalue weighted by Gasteiger charge is 2.36. The van der Waals surface area contributed by atoms with Crippen LogP contribution in [-0.4, -0.2) is 59.1 Å². The molecule has 2 aliphatic rings. The molecule has 0 radical (unpaired) electrons. The summed E-state index contributed by atoms with van der Waals surface area (Å²) in [6, 6.07) is 0.0477. The summed E-state index contributed by atoms with van der Waals surface area (Å²) in [4.78, 5) is 27.1. The monoisotopic (exact) mass is 269 g/mol. The quantitative estimate of drug-likeness (QED) is 0.767.